The lowest BCUT2D eigenvalue weighted by atomic mass is 10.0. The van der Waals surface area contributed by atoms with Crippen molar-refractivity contribution in [2.24, 2.45) is 0 Å². The number of rotatable bonds is 57. The largest absolute Gasteiger partial charge is 0.466 e. The van der Waals surface area contributed by atoms with Gasteiger partial charge in [-0.2, -0.15) is 0 Å². The van der Waals surface area contributed by atoms with Crippen LogP contribution in [0.5, 0.6) is 0 Å². The normalized spacial score (nSPS) is 12.9. The van der Waals surface area contributed by atoms with Crippen LogP contribution in [0.1, 0.15) is 322 Å². The van der Waals surface area contributed by atoms with Crippen LogP contribution < -0.4 is 5.32 Å². The number of unbranched alkanes of at least 4 members (excludes halogenated alkanes) is 40. The molecule has 2 unspecified atom stereocenters. The quantitative estimate of drug-likeness (QED) is 0.0321. The smallest absolute Gasteiger partial charge is 0.305 e. The van der Waals surface area contributed by atoms with Crippen molar-refractivity contribution in [3.63, 3.8) is 0 Å². The molecule has 0 saturated carbocycles. The fourth-order valence-electron chi connectivity index (χ4n) is 9.31. The number of carbonyl (C=O) groups excluding carboxylic acids is 2. The van der Waals surface area contributed by atoms with E-state index in [0.717, 1.165) is 83.5 Å². The Balaban J connectivity index is 3.53. The Bertz CT molecular complexity index is 1180. The molecule has 6 nitrogen and oxygen atoms in total. The molecule has 0 rings (SSSR count). The molecule has 0 radical (unpaired) electrons. The van der Waals surface area contributed by atoms with E-state index in [-0.39, 0.29) is 18.5 Å². The van der Waals surface area contributed by atoms with Gasteiger partial charge in [-0.05, 0) is 96.3 Å². The SMILES string of the molecule is CCCCC/C=C\CCCCCCCC(=O)OCCCCC/C=C\C/C=C\CCCCCCCCCC(=O)NC(CO)C(O)/C=C/CCCCCCCCCCCCCCCCCCCCCCCC. The zero-order valence-electron chi connectivity index (χ0n) is 46.7. The van der Waals surface area contributed by atoms with Gasteiger partial charge in [-0.15, -0.1) is 0 Å². The molecule has 1 amide bonds. The minimum absolute atomic E-state index is 0.0266. The molecular weight excluding hydrogens is 863 g/mol. The van der Waals surface area contributed by atoms with Crippen LogP contribution in [0.2, 0.25) is 0 Å². The average molecular weight is 983 g/mol. The van der Waals surface area contributed by atoms with Gasteiger partial charge in [-0.3, -0.25) is 9.59 Å². The molecule has 0 saturated heterocycles. The summed E-state index contributed by atoms with van der Waals surface area (Å²) in [6.45, 7) is 4.84. The number of allylic oxidation sites excluding steroid dienone is 7. The number of carbonyl (C=O) groups is 2. The molecular formula is C64H119NO5. The number of esters is 1. The Morgan fingerprint density at radius 1 is 0.400 bits per heavy atom. The van der Waals surface area contributed by atoms with Crippen molar-refractivity contribution in [1.29, 1.82) is 0 Å². The molecule has 6 heteroatoms. The van der Waals surface area contributed by atoms with Crippen LogP contribution in [0.4, 0.5) is 0 Å². The van der Waals surface area contributed by atoms with Crippen molar-refractivity contribution in [1.82, 2.24) is 5.32 Å². The van der Waals surface area contributed by atoms with E-state index in [4.69, 9.17) is 4.74 Å². The second-order valence-corrected chi connectivity index (χ2v) is 21.0. The van der Waals surface area contributed by atoms with E-state index in [1.807, 2.05) is 6.08 Å². The van der Waals surface area contributed by atoms with Crippen LogP contribution in [-0.4, -0.2) is 47.4 Å². The minimum Gasteiger partial charge on any atom is -0.466 e. The van der Waals surface area contributed by atoms with Gasteiger partial charge in [0, 0.05) is 12.8 Å². The lowest BCUT2D eigenvalue weighted by molar-refractivity contribution is -0.143. The summed E-state index contributed by atoms with van der Waals surface area (Å²) in [5.74, 6) is -0.109. The molecule has 0 aromatic heterocycles. The molecule has 0 heterocycles. The Labute approximate surface area is 436 Å². The van der Waals surface area contributed by atoms with Crippen molar-refractivity contribution >= 4 is 11.9 Å². The van der Waals surface area contributed by atoms with Crippen molar-refractivity contribution in [3.8, 4) is 0 Å². The van der Waals surface area contributed by atoms with Gasteiger partial charge in [0.15, 0.2) is 0 Å². The molecule has 70 heavy (non-hydrogen) atoms. The van der Waals surface area contributed by atoms with Gasteiger partial charge in [0.1, 0.15) is 0 Å². The minimum atomic E-state index is -0.857. The van der Waals surface area contributed by atoms with Crippen LogP contribution in [0.25, 0.3) is 0 Å². The van der Waals surface area contributed by atoms with Crippen LogP contribution in [-0.2, 0) is 14.3 Å². The molecule has 0 aliphatic carbocycles. The zero-order valence-corrected chi connectivity index (χ0v) is 46.7. The standard InChI is InChI=1S/C64H119NO5/c1-3-5-7-9-11-13-15-17-18-19-20-21-22-23-24-25-27-30-33-36-40-44-48-52-56-62(67)61(60-66)65-63(68)57-53-49-45-41-37-34-31-28-26-29-32-35-39-43-47-51-55-59-70-64(69)58-54-50-46-42-38-16-14-12-10-8-6-4-2/h12,14,26,29,35,39,52,56,61-62,66-67H,3-11,13,15-25,27-28,30-34,36-38,40-51,53-55,57-60H2,1-2H3,(H,65,68)/b14-12-,29-26-,39-35-,56-52+. The first-order valence-corrected chi connectivity index (χ1v) is 30.9. The van der Waals surface area contributed by atoms with Gasteiger partial charge in [0.05, 0.1) is 25.4 Å². The van der Waals surface area contributed by atoms with E-state index in [2.05, 4.69) is 55.6 Å². The van der Waals surface area contributed by atoms with Crippen LogP contribution in [0.15, 0.2) is 48.6 Å². The molecule has 410 valence electrons. The van der Waals surface area contributed by atoms with Gasteiger partial charge in [-0.25, -0.2) is 0 Å². The maximum Gasteiger partial charge on any atom is 0.305 e. The second kappa shape index (κ2) is 59.4. The van der Waals surface area contributed by atoms with Crippen molar-refractivity contribution in [3.05, 3.63) is 48.6 Å². The number of amides is 1. The third kappa shape index (κ3) is 55.1. The van der Waals surface area contributed by atoms with Crippen LogP contribution >= 0.6 is 0 Å². The number of aliphatic hydroxyl groups is 2. The molecule has 3 N–H and O–H groups in total. The number of ether oxygens (including phenoxy) is 1. The summed E-state index contributed by atoms with van der Waals surface area (Å²) in [4.78, 5) is 24.5. The van der Waals surface area contributed by atoms with Crippen molar-refractivity contribution in [2.75, 3.05) is 13.2 Å². The number of nitrogens with one attached hydrogen (secondary N) is 1. The topological polar surface area (TPSA) is 95.9 Å². The average Bonchev–Trinajstić information content (AvgIpc) is 3.36. The molecule has 0 aliphatic rings. The van der Waals surface area contributed by atoms with E-state index in [0.29, 0.717) is 19.4 Å². The van der Waals surface area contributed by atoms with Gasteiger partial charge < -0.3 is 20.3 Å². The highest BCUT2D eigenvalue weighted by Gasteiger charge is 2.18. The molecule has 0 bridgehead atoms. The van der Waals surface area contributed by atoms with E-state index in [1.54, 1.807) is 6.08 Å². The predicted molar refractivity (Wildman–Crippen MR) is 306 cm³/mol. The molecule has 0 aromatic carbocycles. The second-order valence-electron chi connectivity index (χ2n) is 21.0. The lowest BCUT2D eigenvalue weighted by Crippen LogP contribution is -2.45. The van der Waals surface area contributed by atoms with Crippen molar-refractivity contribution in [2.45, 2.75) is 334 Å². The third-order valence-corrected chi connectivity index (χ3v) is 14.1. The summed E-state index contributed by atoms with van der Waals surface area (Å²) in [5.41, 5.74) is 0. The fraction of sp³-hybridized carbons (Fsp3) is 0.844. The summed E-state index contributed by atoms with van der Waals surface area (Å²) >= 11 is 0. The highest BCUT2D eigenvalue weighted by Crippen LogP contribution is 2.17. The Hall–Kier alpha value is -2.18. The highest BCUT2D eigenvalue weighted by molar-refractivity contribution is 5.76. The Morgan fingerprint density at radius 2 is 0.714 bits per heavy atom. The van der Waals surface area contributed by atoms with Crippen molar-refractivity contribution < 1.29 is 24.5 Å². The summed E-state index contributed by atoms with van der Waals surface area (Å²) in [6, 6.07) is -0.642. The molecule has 0 aliphatic heterocycles. The van der Waals surface area contributed by atoms with E-state index < -0.39 is 12.1 Å². The van der Waals surface area contributed by atoms with E-state index in [1.165, 1.54) is 212 Å². The predicted octanol–water partition coefficient (Wildman–Crippen LogP) is 19.4. The maximum absolute atomic E-state index is 12.5. The van der Waals surface area contributed by atoms with Crippen LogP contribution in [0.3, 0.4) is 0 Å². The first kappa shape index (κ1) is 67.8. The zero-order chi connectivity index (χ0) is 50.7. The number of hydrogen-bond donors (Lipinski definition) is 3. The van der Waals surface area contributed by atoms with Gasteiger partial charge in [-0.1, -0.05) is 262 Å². The summed E-state index contributed by atoms with van der Waals surface area (Å²) < 4.78 is 5.43. The Morgan fingerprint density at radius 3 is 1.13 bits per heavy atom. The summed E-state index contributed by atoms with van der Waals surface area (Å²) in [7, 11) is 0. The molecule has 2 atom stereocenters. The fourth-order valence-corrected chi connectivity index (χ4v) is 9.31. The number of hydrogen-bond acceptors (Lipinski definition) is 5. The maximum atomic E-state index is 12.5. The van der Waals surface area contributed by atoms with E-state index in [9.17, 15) is 19.8 Å². The van der Waals surface area contributed by atoms with Crippen LogP contribution in [0, 0.1) is 0 Å². The lowest BCUT2D eigenvalue weighted by Gasteiger charge is -2.20. The molecule has 0 spiro atoms. The molecule has 0 fully saturated rings. The van der Waals surface area contributed by atoms with Gasteiger partial charge in [0.2, 0.25) is 5.91 Å². The first-order valence-electron chi connectivity index (χ1n) is 30.9. The number of aliphatic hydroxyl groups excluding tert-OH is 2. The summed E-state index contributed by atoms with van der Waals surface area (Å²) in [5, 5.41) is 23.2. The van der Waals surface area contributed by atoms with Gasteiger partial charge in [0.25, 0.3) is 0 Å². The van der Waals surface area contributed by atoms with Gasteiger partial charge >= 0.3 is 5.97 Å². The highest BCUT2D eigenvalue weighted by atomic mass is 16.5. The summed E-state index contributed by atoms with van der Waals surface area (Å²) in [6.07, 6.45) is 75.8. The third-order valence-electron chi connectivity index (χ3n) is 14.1. The Kier molecular flexibility index (Phi) is 57.5. The monoisotopic (exact) mass is 982 g/mol. The van der Waals surface area contributed by atoms with E-state index >= 15 is 0 Å². The molecule has 0 aromatic rings. The first-order chi connectivity index (χ1) is 34.5.